The van der Waals surface area contributed by atoms with Crippen molar-refractivity contribution in [3.8, 4) is 0 Å². The van der Waals surface area contributed by atoms with E-state index in [9.17, 15) is 0 Å². The predicted molar refractivity (Wildman–Crippen MR) is 87.7 cm³/mol. The lowest BCUT2D eigenvalue weighted by molar-refractivity contribution is 0.123. The number of piperazine rings is 1. The van der Waals surface area contributed by atoms with Gasteiger partial charge >= 0.3 is 0 Å². The Labute approximate surface area is 133 Å². The number of halogens is 1. The van der Waals surface area contributed by atoms with E-state index in [0.717, 1.165) is 48.7 Å². The normalized spacial score (nSPS) is 19.0. The van der Waals surface area contributed by atoms with Gasteiger partial charge in [0.2, 0.25) is 0 Å². The number of nitrogens with one attached hydrogen (secondary N) is 1. The Kier molecular flexibility index (Phi) is 4.42. The van der Waals surface area contributed by atoms with Gasteiger partial charge in [-0.1, -0.05) is 0 Å². The molecule has 114 valence electrons. The topological polar surface area (TPSA) is 48.7 Å². The summed E-state index contributed by atoms with van der Waals surface area (Å²) in [4.78, 5) is 9.26. The van der Waals surface area contributed by atoms with E-state index in [1.54, 1.807) is 6.33 Å². The molecule has 1 aliphatic rings. The van der Waals surface area contributed by atoms with Crippen molar-refractivity contribution in [2.24, 2.45) is 0 Å². The van der Waals surface area contributed by atoms with Gasteiger partial charge in [-0.05, 0) is 42.0 Å². The second-order valence-electron chi connectivity index (χ2n) is 5.63. The maximum atomic E-state index is 4.36. The van der Waals surface area contributed by atoms with Gasteiger partial charge in [0.05, 0.1) is 0 Å². The third kappa shape index (κ3) is 3.20. The highest BCUT2D eigenvalue weighted by Gasteiger charge is 2.19. The average Bonchev–Trinajstić information content (AvgIpc) is 2.88. The number of rotatable bonds is 4. The molecule has 0 bridgehead atoms. The summed E-state index contributed by atoms with van der Waals surface area (Å²) < 4.78 is 2.78. The zero-order chi connectivity index (χ0) is 14.8. The molecule has 1 fully saturated rings. The smallest absolute Gasteiger partial charge is 0.154 e. The van der Waals surface area contributed by atoms with Crippen molar-refractivity contribution in [1.29, 1.82) is 0 Å². The van der Waals surface area contributed by atoms with Crippen LogP contribution in [0.2, 0.25) is 0 Å². The van der Waals surface area contributed by atoms with Gasteiger partial charge < -0.3 is 10.2 Å². The highest BCUT2D eigenvalue weighted by molar-refractivity contribution is 9.10. The summed E-state index contributed by atoms with van der Waals surface area (Å²) in [5.41, 5.74) is 0.995. The summed E-state index contributed by atoms with van der Waals surface area (Å²) in [7, 11) is 2.18. The Morgan fingerprint density at radius 1 is 1.29 bits per heavy atom. The minimum Gasteiger partial charge on any atom is -0.367 e. The first-order chi connectivity index (χ1) is 10.1. The molecule has 0 unspecified atom stereocenters. The Hall–Kier alpha value is -1.18. The van der Waals surface area contributed by atoms with Crippen molar-refractivity contribution in [3.05, 3.63) is 23.1 Å². The van der Waals surface area contributed by atoms with Crippen LogP contribution in [0.3, 0.4) is 0 Å². The van der Waals surface area contributed by atoms with Crippen molar-refractivity contribution in [3.63, 3.8) is 0 Å². The van der Waals surface area contributed by atoms with Gasteiger partial charge in [-0.3, -0.25) is 4.90 Å². The number of nitrogens with zero attached hydrogens (tertiary/aromatic N) is 5. The largest absolute Gasteiger partial charge is 0.367 e. The molecule has 0 radical (unpaired) electrons. The highest BCUT2D eigenvalue weighted by atomic mass is 79.9. The van der Waals surface area contributed by atoms with Crippen molar-refractivity contribution in [2.45, 2.75) is 13.0 Å². The van der Waals surface area contributed by atoms with E-state index in [0.29, 0.717) is 6.04 Å². The summed E-state index contributed by atoms with van der Waals surface area (Å²) >= 11 is 3.48. The van der Waals surface area contributed by atoms with Crippen LogP contribution in [0.4, 0.5) is 5.82 Å². The summed E-state index contributed by atoms with van der Waals surface area (Å²) in [6.07, 6.45) is 1.58. The lowest BCUT2D eigenvalue weighted by atomic mass is 10.2. The summed E-state index contributed by atoms with van der Waals surface area (Å²) in [6.45, 7) is 7.72. The van der Waals surface area contributed by atoms with Crippen LogP contribution in [0.25, 0.3) is 5.52 Å². The molecule has 7 heteroatoms. The Bertz CT molecular complexity index is 605. The first kappa shape index (κ1) is 14.7. The van der Waals surface area contributed by atoms with Gasteiger partial charge in [-0.2, -0.15) is 5.10 Å². The number of aromatic nitrogens is 3. The molecule has 0 amide bonds. The average molecular weight is 353 g/mol. The Balaban J connectivity index is 1.63. The third-order valence-corrected chi connectivity index (χ3v) is 4.73. The van der Waals surface area contributed by atoms with Crippen molar-refractivity contribution in [1.82, 2.24) is 24.4 Å². The van der Waals surface area contributed by atoms with E-state index in [1.165, 1.54) is 0 Å². The SMILES string of the molecule is C[C@@H](CNc1ncnn2c(Br)ccc12)N1CCN(C)CC1. The molecular weight excluding hydrogens is 332 g/mol. The lowest BCUT2D eigenvalue weighted by Gasteiger charge is -2.36. The van der Waals surface area contributed by atoms with E-state index in [1.807, 2.05) is 16.6 Å². The Morgan fingerprint density at radius 3 is 2.81 bits per heavy atom. The first-order valence-corrected chi connectivity index (χ1v) is 8.09. The van der Waals surface area contributed by atoms with Gasteiger partial charge in [0, 0.05) is 38.8 Å². The monoisotopic (exact) mass is 352 g/mol. The molecule has 1 aliphatic heterocycles. The fourth-order valence-electron chi connectivity index (χ4n) is 2.67. The minimum absolute atomic E-state index is 0.493. The van der Waals surface area contributed by atoms with Gasteiger partial charge in [-0.25, -0.2) is 9.50 Å². The molecule has 1 N–H and O–H groups in total. The van der Waals surface area contributed by atoms with Crippen LogP contribution >= 0.6 is 15.9 Å². The van der Waals surface area contributed by atoms with Crippen LogP contribution < -0.4 is 5.32 Å². The van der Waals surface area contributed by atoms with E-state index in [4.69, 9.17) is 0 Å². The fraction of sp³-hybridized carbons (Fsp3) is 0.571. The standard InChI is InChI=1S/C14H21BrN6/c1-11(20-7-5-19(2)6-8-20)9-16-14-12-3-4-13(15)21(12)18-10-17-14/h3-4,10-11H,5-9H2,1-2H3,(H,16,17,18)/t11-/m0/s1. The van der Waals surface area contributed by atoms with Crippen molar-refractivity contribution >= 4 is 27.3 Å². The van der Waals surface area contributed by atoms with E-state index >= 15 is 0 Å². The molecule has 21 heavy (non-hydrogen) atoms. The summed E-state index contributed by atoms with van der Waals surface area (Å²) in [5.74, 6) is 0.886. The van der Waals surface area contributed by atoms with E-state index in [2.05, 4.69) is 55.1 Å². The van der Waals surface area contributed by atoms with Crippen molar-refractivity contribution in [2.75, 3.05) is 45.1 Å². The second-order valence-corrected chi connectivity index (χ2v) is 6.44. The first-order valence-electron chi connectivity index (χ1n) is 7.30. The molecule has 2 aromatic heterocycles. The van der Waals surface area contributed by atoms with E-state index in [-0.39, 0.29) is 0 Å². The Morgan fingerprint density at radius 2 is 2.05 bits per heavy atom. The van der Waals surface area contributed by atoms with Crippen LogP contribution in [0.1, 0.15) is 6.92 Å². The van der Waals surface area contributed by atoms with Gasteiger partial charge in [0.15, 0.2) is 5.82 Å². The molecular formula is C14H21BrN6. The van der Waals surface area contributed by atoms with Crippen LogP contribution in [0.15, 0.2) is 23.1 Å². The second kappa shape index (κ2) is 6.29. The maximum absolute atomic E-state index is 4.36. The molecule has 0 spiro atoms. The van der Waals surface area contributed by atoms with Gasteiger partial charge in [-0.15, -0.1) is 0 Å². The minimum atomic E-state index is 0.493. The van der Waals surface area contributed by atoms with Gasteiger partial charge in [0.1, 0.15) is 16.4 Å². The van der Waals surface area contributed by atoms with Crippen LogP contribution in [0, 0.1) is 0 Å². The maximum Gasteiger partial charge on any atom is 0.154 e. The third-order valence-electron chi connectivity index (χ3n) is 4.13. The number of likely N-dealkylation sites (N-methyl/N-ethyl adjacent to an activating group) is 1. The zero-order valence-corrected chi connectivity index (χ0v) is 14.0. The van der Waals surface area contributed by atoms with Crippen LogP contribution in [-0.2, 0) is 0 Å². The molecule has 3 rings (SSSR count). The number of anilines is 1. The molecule has 6 nitrogen and oxygen atoms in total. The number of fused-ring (bicyclic) bond motifs is 1. The van der Waals surface area contributed by atoms with Crippen molar-refractivity contribution < 1.29 is 0 Å². The number of hydrogen-bond donors (Lipinski definition) is 1. The zero-order valence-electron chi connectivity index (χ0n) is 12.5. The lowest BCUT2D eigenvalue weighted by Crippen LogP contribution is -2.49. The van der Waals surface area contributed by atoms with Crippen LogP contribution in [0.5, 0.6) is 0 Å². The molecule has 0 saturated carbocycles. The molecule has 3 heterocycles. The van der Waals surface area contributed by atoms with E-state index < -0.39 is 0 Å². The molecule has 1 atom stereocenters. The molecule has 2 aromatic rings. The fourth-order valence-corrected chi connectivity index (χ4v) is 3.09. The molecule has 1 saturated heterocycles. The summed E-state index contributed by atoms with van der Waals surface area (Å²) in [5, 5.41) is 7.69. The quantitative estimate of drug-likeness (QED) is 0.904. The van der Waals surface area contributed by atoms with Crippen LogP contribution in [-0.4, -0.2) is 70.2 Å². The summed E-state index contributed by atoms with van der Waals surface area (Å²) in [6, 6.07) is 4.50. The van der Waals surface area contributed by atoms with Gasteiger partial charge in [0.25, 0.3) is 0 Å². The molecule has 0 aliphatic carbocycles. The number of hydrogen-bond acceptors (Lipinski definition) is 5. The highest BCUT2D eigenvalue weighted by Crippen LogP contribution is 2.19. The molecule has 0 aromatic carbocycles. The predicted octanol–water partition coefficient (Wildman–Crippen LogP) is 1.54.